The van der Waals surface area contributed by atoms with Crippen molar-refractivity contribution in [1.82, 2.24) is 0 Å². The van der Waals surface area contributed by atoms with E-state index in [9.17, 15) is 26.3 Å². The largest absolute Gasteiger partial charge is 0.416 e. The SMILES string of the molecule is CCCCCCCCCCCCSc1cc(C(F)(F)F)cc(C(F)(F)F)c1. The summed E-state index contributed by atoms with van der Waals surface area (Å²) < 4.78 is 76.9. The molecule has 0 aliphatic heterocycles. The Bertz CT molecular complexity index is 504. The summed E-state index contributed by atoms with van der Waals surface area (Å²) in [7, 11) is 0. The number of thioether (sulfide) groups is 1. The summed E-state index contributed by atoms with van der Waals surface area (Å²) in [6.07, 6.45) is 1.86. The van der Waals surface area contributed by atoms with Gasteiger partial charge in [-0.3, -0.25) is 0 Å². The quantitative estimate of drug-likeness (QED) is 0.187. The van der Waals surface area contributed by atoms with Gasteiger partial charge >= 0.3 is 12.4 Å². The minimum absolute atomic E-state index is 0.0214. The molecule has 156 valence electrons. The molecule has 0 saturated carbocycles. The van der Waals surface area contributed by atoms with E-state index in [4.69, 9.17) is 0 Å². The lowest BCUT2D eigenvalue weighted by atomic mass is 10.1. The van der Waals surface area contributed by atoms with Crippen molar-refractivity contribution in [3.05, 3.63) is 29.3 Å². The predicted molar refractivity (Wildman–Crippen MR) is 99.0 cm³/mol. The molecule has 1 aromatic rings. The Hall–Kier alpha value is -0.850. The number of rotatable bonds is 12. The second kappa shape index (κ2) is 11.9. The van der Waals surface area contributed by atoms with Crippen LogP contribution in [0.5, 0.6) is 0 Å². The molecule has 0 aliphatic rings. The third kappa shape index (κ3) is 10.3. The number of benzene rings is 1. The fourth-order valence-electron chi connectivity index (χ4n) is 2.79. The van der Waals surface area contributed by atoms with E-state index < -0.39 is 23.5 Å². The van der Waals surface area contributed by atoms with E-state index in [1.54, 1.807) is 0 Å². The maximum Gasteiger partial charge on any atom is 0.416 e. The molecule has 0 heterocycles. The maximum atomic E-state index is 12.8. The minimum atomic E-state index is -4.78. The van der Waals surface area contributed by atoms with Crippen molar-refractivity contribution in [1.29, 1.82) is 0 Å². The average molecular weight is 414 g/mol. The van der Waals surface area contributed by atoms with Crippen molar-refractivity contribution >= 4 is 11.8 Å². The van der Waals surface area contributed by atoms with Gasteiger partial charge in [0.15, 0.2) is 0 Å². The van der Waals surface area contributed by atoms with E-state index in [0.29, 0.717) is 5.75 Å². The number of hydrogen-bond acceptors (Lipinski definition) is 1. The van der Waals surface area contributed by atoms with Gasteiger partial charge in [0.05, 0.1) is 11.1 Å². The van der Waals surface area contributed by atoms with Crippen LogP contribution in [-0.4, -0.2) is 5.75 Å². The lowest BCUT2D eigenvalue weighted by Gasteiger charge is -2.14. The van der Waals surface area contributed by atoms with Crippen LogP contribution in [0.4, 0.5) is 26.3 Å². The van der Waals surface area contributed by atoms with Gasteiger partial charge < -0.3 is 0 Å². The number of unbranched alkanes of at least 4 members (excludes halogenated alkanes) is 9. The van der Waals surface area contributed by atoms with Crippen molar-refractivity contribution in [2.45, 2.75) is 88.4 Å². The molecule has 27 heavy (non-hydrogen) atoms. The Labute approximate surface area is 162 Å². The van der Waals surface area contributed by atoms with Crippen LogP contribution >= 0.6 is 11.8 Å². The lowest BCUT2D eigenvalue weighted by Crippen LogP contribution is -2.11. The monoisotopic (exact) mass is 414 g/mol. The van der Waals surface area contributed by atoms with Gasteiger partial charge in [-0.2, -0.15) is 26.3 Å². The smallest absolute Gasteiger partial charge is 0.166 e. The van der Waals surface area contributed by atoms with Gasteiger partial charge in [-0.05, 0) is 30.4 Å². The van der Waals surface area contributed by atoms with Gasteiger partial charge in [-0.25, -0.2) is 0 Å². The van der Waals surface area contributed by atoms with E-state index in [0.717, 1.165) is 49.6 Å². The second-order valence-corrected chi connectivity index (χ2v) is 7.94. The van der Waals surface area contributed by atoms with Crippen molar-refractivity contribution in [2.24, 2.45) is 0 Å². The van der Waals surface area contributed by atoms with Gasteiger partial charge in [0.25, 0.3) is 0 Å². The molecule has 0 spiro atoms. The van der Waals surface area contributed by atoms with Crippen LogP contribution < -0.4 is 0 Å². The summed E-state index contributed by atoms with van der Waals surface area (Å²) >= 11 is 1.06. The molecule has 0 atom stereocenters. The first kappa shape index (κ1) is 24.2. The topological polar surface area (TPSA) is 0 Å². The summed E-state index contributed by atoms with van der Waals surface area (Å²) in [4.78, 5) is 0.0214. The summed E-state index contributed by atoms with van der Waals surface area (Å²) in [5, 5.41) is 0. The Balaban J connectivity index is 2.36. The zero-order valence-electron chi connectivity index (χ0n) is 15.7. The van der Waals surface area contributed by atoms with Gasteiger partial charge in [-0.15, -0.1) is 11.8 Å². The van der Waals surface area contributed by atoms with Crippen molar-refractivity contribution in [3.8, 4) is 0 Å². The highest BCUT2D eigenvalue weighted by molar-refractivity contribution is 7.99. The van der Waals surface area contributed by atoms with Crippen LogP contribution in [0.3, 0.4) is 0 Å². The van der Waals surface area contributed by atoms with Crippen LogP contribution in [0, 0.1) is 0 Å². The van der Waals surface area contributed by atoms with Crippen molar-refractivity contribution in [3.63, 3.8) is 0 Å². The van der Waals surface area contributed by atoms with Gasteiger partial charge in [0.2, 0.25) is 0 Å². The molecule has 0 nitrogen and oxygen atoms in total. The third-order valence-electron chi connectivity index (χ3n) is 4.33. The maximum absolute atomic E-state index is 12.8. The summed E-state index contributed by atoms with van der Waals surface area (Å²) in [6, 6.07) is 1.77. The van der Waals surface area contributed by atoms with Gasteiger partial charge in [-0.1, -0.05) is 64.7 Å². The molecule has 0 N–H and O–H groups in total. The highest BCUT2D eigenvalue weighted by atomic mass is 32.2. The molecule has 0 amide bonds. The zero-order chi connectivity index (χ0) is 20.3. The van der Waals surface area contributed by atoms with Crippen LogP contribution in [-0.2, 0) is 12.4 Å². The summed E-state index contributed by atoms with van der Waals surface area (Å²) in [5.74, 6) is 0.523. The Morgan fingerprint density at radius 3 is 1.44 bits per heavy atom. The van der Waals surface area contributed by atoms with Crippen molar-refractivity contribution < 1.29 is 26.3 Å². The average Bonchev–Trinajstić information content (AvgIpc) is 2.58. The normalized spacial score (nSPS) is 12.6. The second-order valence-electron chi connectivity index (χ2n) is 6.77. The molecular weight excluding hydrogens is 386 g/mol. The van der Waals surface area contributed by atoms with E-state index >= 15 is 0 Å². The number of halogens is 6. The summed E-state index contributed by atoms with van der Waals surface area (Å²) in [5.41, 5.74) is -2.49. The number of hydrogen-bond donors (Lipinski definition) is 0. The van der Waals surface area contributed by atoms with E-state index in [-0.39, 0.29) is 11.0 Å². The fourth-order valence-corrected chi connectivity index (χ4v) is 3.79. The Kier molecular flexibility index (Phi) is 10.6. The standard InChI is InChI=1S/C20H28F6S/c1-2-3-4-5-6-7-8-9-10-11-12-27-18-14-16(19(21,22)23)13-17(15-18)20(24,25)26/h13-15H,2-12H2,1H3. The summed E-state index contributed by atoms with van der Waals surface area (Å²) in [6.45, 7) is 2.18. The third-order valence-corrected chi connectivity index (χ3v) is 5.39. The molecule has 1 rings (SSSR count). The highest BCUT2D eigenvalue weighted by Gasteiger charge is 2.36. The van der Waals surface area contributed by atoms with Crippen LogP contribution in [0.25, 0.3) is 0 Å². The molecule has 0 unspecified atom stereocenters. The molecule has 0 radical (unpaired) electrons. The molecule has 1 aromatic carbocycles. The van der Waals surface area contributed by atoms with Crippen LogP contribution in [0.15, 0.2) is 23.1 Å². The lowest BCUT2D eigenvalue weighted by molar-refractivity contribution is -0.143. The Morgan fingerprint density at radius 1 is 0.630 bits per heavy atom. The highest BCUT2D eigenvalue weighted by Crippen LogP contribution is 2.38. The van der Waals surface area contributed by atoms with Crippen LogP contribution in [0.1, 0.15) is 82.3 Å². The molecule has 0 fully saturated rings. The van der Waals surface area contributed by atoms with Gasteiger partial charge in [0.1, 0.15) is 0 Å². The van der Waals surface area contributed by atoms with Crippen molar-refractivity contribution in [2.75, 3.05) is 5.75 Å². The minimum Gasteiger partial charge on any atom is -0.166 e. The predicted octanol–water partition coefficient (Wildman–Crippen LogP) is 8.74. The van der Waals surface area contributed by atoms with E-state index in [2.05, 4.69) is 6.92 Å². The van der Waals surface area contributed by atoms with E-state index in [1.807, 2.05) is 0 Å². The number of alkyl halides is 6. The van der Waals surface area contributed by atoms with E-state index in [1.165, 1.54) is 38.5 Å². The first-order valence-corrected chi connectivity index (χ1v) is 10.6. The molecule has 0 aromatic heterocycles. The molecular formula is C20H28F6S. The van der Waals surface area contributed by atoms with Crippen LogP contribution in [0.2, 0.25) is 0 Å². The first-order chi connectivity index (χ1) is 12.6. The molecule has 7 heteroatoms. The zero-order valence-corrected chi connectivity index (χ0v) is 16.5. The Morgan fingerprint density at radius 2 is 1.04 bits per heavy atom. The van der Waals surface area contributed by atoms with Gasteiger partial charge in [0, 0.05) is 4.90 Å². The first-order valence-electron chi connectivity index (χ1n) is 9.57. The fraction of sp³-hybridized carbons (Fsp3) is 0.700. The molecule has 0 bridgehead atoms. The molecule has 0 saturated heterocycles. The molecule has 0 aliphatic carbocycles.